The standard InChI is InChI=1S/C21H18Cl2N2O5/c1-4-5-24-11(2)6-13(12(24)3)18(26)10-30-19(27)9-25-20(28)14-7-16(22)17(23)8-15(14)21(25)29/h4,6-8H,1,5,9-10H2,2-3H3. The Balaban J connectivity index is 1.65. The molecule has 0 saturated carbocycles. The molecular weight excluding hydrogens is 431 g/mol. The number of benzene rings is 1. The third kappa shape index (κ3) is 3.91. The molecule has 0 fully saturated rings. The lowest BCUT2D eigenvalue weighted by Gasteiger charge is -2.12. The lowest BCUT2D eigenvalue weighted by atomic mass is 10.1. The van der Waals surface area contributed by atoms with Gasteiger partial charge in [0.1, 0.15) is 6.54 Å². The molecule has 2 amide bonds. The van der Waals surface area contributed by atoms with E-state index in [9.17, 15) is 19.2 Å². The Morgan fingerprint density at radius 3 is 2.17 bits per heavy atom. The highest BCUT2D eigenvalue weighted by Crippen LogP contribution is 2.31. The van der Waals surface area contributed by atoms with Crippen LogP contribution in [-0.4, -0.2) is 46.2 Å². The summed E-state index contributed by atoms with van der Waals surface area (Å²) in [4.78, 5) is 50.2. The minimum Gasteiger partial charge on any atom is -0.456 e. The van der Waals surface area contributed by atoms with Crippen LogP contribution in [0, 0.1) is 13.8 Å². The van der Waals surface area contributed by atoms with E-state index in [-0.39, 0.29) is 27.0 Å². The van der Waals surface area contributed by atoms with Crippen molar-refractivity contribution < 1.29 is 23.9 Å². The van der Waals surface area contributed by atoms with Crippen LogP contribution < -0.4 is 0 Å². The van der Waals surface area contributed by atoms with E-state index in [1.807, 2.05) is 11.5 Å². The van der Waals surface area contributed by atoms with Crippen LogP contribution in [0.1, 0.15) is 42.5 Å². The molecule has 2 aromatic rings. The molecular formula is C21H18Cl2N2O5. The summed E-state index contributed by atoms with van der Waals surface area (Å²) in [5.41, 5.74) is 2.18. The second kappa shape index (κ2) is 8.45. The number of carbonyl (C=O) groups excluding carboxylic acids is 4. The van der Waals surface area contributed by atoms with Crippen molar-refractivity contribution in [2.45, 2.75) is 20.4 Å². The van der Waals surface area contributed by atoms with Gasteiger partial charge in [0.25, 0.3) is 11.8 Å². The van der Waals surface area contributed by atoms with Crippen molar-refractivity contribution in [3.8, 4) is 0 Å². The van der Waals surface area contributed by atoms with Crippen LogP contribution >= 0.6 is 23.2 Å². The van der Waals surface area contributed by atoms with Gasteiger partial charge in [-0.05, 0) is 32.0 Å². The van der Waals surface area contributed by atoms with Gasteiger partial charge in [0.05, 0.1) is 21.2 Å². The van der Waals surface area contributed by atoms with Crippen molar-refractivity contribution in [1.29, 1.82) is 0 Å². The maximum absolute atomic E-state index is 12.5. The minimum atomic E-state index is -0.880. The zero-order valence-electron chi connectivity index (χ0n) is 16.3. The Hall–Kier alpha value is -2.90. The number of halogens is 2. The van der Waals surface area contributed by atoms with E-state index in [0.29, 0.717) is 12.1 Å². The third-order valence-corrected chi connectivity index (χ3v) is 5.57. The molecule has 2 heterocycles. The van der Waals surface area contributed by atoms with Gasteiger partial charge in [-0.2, -0.15) is 0 Å². The zero-order chi connectivity index (χ0) is 22.2. The number of hydrogen-bond acceptors (Lipinski definition) is 5. The van der Waals surface area contributed by atoms with E-state index in [1.165, 1.54) is 12.1 Å². The van der Waals surface area contributed by atoms with E-state index in [1.54, 1.807) is 19.1 Å². The molecule has 0 N–H and O–H groups in total. The van der Waals surface area contributed by atoms with Gasteiger partial charge in [0.2, 0.25) is 5.78 Å². The van der Waals surface area contributed by atoms with Crippen molar-refractivity contribution in [1.82, 2.24) is 9.47 Å². The second-order valence-corrected chi connectivity index (χ2v) is 7.59. The fraction of sp³-hybridized carbons (Fsp3) is 0.238. The van der Waals surface area contributed by atoms with E-state index in [0.717, 1.165) is 16.3 Å². The maximum atomic E-state index is 12.5. The van der Waals surface area contributed by atoms with Gasteiger partial charge >= 0.3 is 5.97 Å². The molecule has 7 nitrogen and oxygen atoms in total. The third-order valence-electron chi connectivity index (χ3n) is 4.85. The Morgan fingerprint density at radius 2 is 1.63 bits per heavy atom. The molecule has 0 aliphatic carbocycles. The summed E-state index contributed by atoms with van der Waals surface area (Å²) in [5, 5.41) is 0.251. The van der Waals surface area contributed by atoms with E-state index in [4.69, 9.17) is 27.9 Å². The van der Waals surface area contributed by atoms with Gasteiger partial charge < -0.3 is 9.30 Å². The van der Waals surface area contributed by atoms with Crippen molar-refractivity contribution in [2.24, 2.45) is 0 Å². The number of amides is 2. The fourth-order valence-corrected chi connectivity index (χ4v) is 3.65. The monoisotopic (exact) mass is 448 g/mol. The van der Waals surface area contributed by atoms with E-state index >= 15 is 0 Å². The highest BCUT2D eigenvalue weighted by molar-refractivity contribution is 6.43. The normalized spacial score (nSPS) is 12.9. The summed E-state index contributed by atoms with van der Waals surface area (Å²) in [7, 11) is 0. The van der Waals surface area contributed by atoms with Crippen LogP contribution in [0.5, 0.6) is 0 Å². The quantitative estimate of drug-likeness (QED) is 0.279. The number of allylic oxidation sites excluding steroid dienone is 1. The molecule has 1 aliphatic heterocycles. The topological polar surface area (TPSA) is 85.7 Å². The summed E-state index contributed by atoms with van der Waals surface area (Å²) in [6, 6.07) is 4.29. The average Bonchev–Trinajstić information content (AvgIpc) is 3.10. The second-order valence-electron chi connectivity index (χ2n) is 6.78. The summed E-state index contributed by atoms with van der Waals surface area (Å²) in [6.07, 6.45) is 1.72. The zero-order valence-corrected chi connectivity index (χ0v) is 17.8. The highest BCUT2D eigenvalue weighted by Gasteiger charge is 2.37. The number of esters is 1. The molecule has 1 aromatic carbocycles. The first-order valence-electron chi connectivity index (χ1n) is 8.97. The van der Waals surface area contributed by atoms with Gasteiger partial charge in [0.15, 0.2) is 6.61 Å². The number of Topliss-reactive ketones (excluding diaryl/α,β-unsaturated/α-hetero) is 1. The smallest absolute Gasteiger partial charge is 0.326 e. The number of ether oxygens (including phenoxy) is 1. The van der Waals surface area contributed by atoms with Crippen molar-refractivity contribution in [2.75, 3.05) is 13.2 Å². The fourth-order valence-electron chi connectivity index (χ4n) is 3.32. The Labute approximate surface area is 182 Å². The molecule has 3 rings (SSSR count). The number of aromatic nitrogens is 1. The van der Waals surface area contributed by atoms with Crippen LogP contribution in [0.25, 0.3) is 0 Å². The van der Waals surface area contributed by atoms with Crippen LogP contribution in [0.15, 0.2) is 30.9 Å². The van der Waals surface area contributed by atoms with Crippen LogP contribution in [-0.2, 0) is 16.1 Å². The average molecular weight is 449 g/mol. The first-order chi connectivity index (χ1) is 14.1. The Morgan fingerprint density at radius 1 is 1.07 bits per heavy atom. The number of fused-ring (bicyclic) bond motifs is 1. The molecule has 0 saturated heterocycles. The maximum Gasteiger partial charge on any atom is 0.326 e. The largest absolute Gasteiger partial charge is 0.456 e. The van der Waals surface area contributed by atoms with Gasteiger partial charge in [-0.25, -0.2) is 0 Å². The summed E-state index contributed by atoms with van der Waals surface area (Å²) < 4.78 is 6.92. The molecule has 156 valence electrons. The van der Waals surface area contributed by atoms with Crippen LogP contribution in [0.2, 0.25) is 10.0 Å². The number of rotatable bonds is 7. The minimum absolute atomic E-state index is 0.0629. The summed E-state index contributed by atoms with van der Waals surface area (Å²) >= 11 is 11.8. The molecule has 0 atom stereocenters. The molecule has 1 aromatic heterocycles. The number of carbonyl (C=O) groups is 4. The van der Waals surface area contributed by atoms with Gasteiger partial charge in [0, 0.05) is 23.5 Å². The SMILES string of the molecule is C=CCn1c(C)cc(C(=O)COC(=O)CN2C(=O)c3cc(Cl)c(Cl)cc3C2=O)c1C. The Bertz CT molecular complexity index is 1060. The summed E-state index contributed by atoms with van der Waals surface area (Å²) in [5.74, 6) is -2.61. The van der Waals surface area contributed by atoms with Crippen LogP contribution in [0.4, 0.5) is 0 Å². The van der Waals surface area contributed by atoms with Gasteiger partial charge in [-0.3, -0.25) is 24.1 Å². The number of imide groups is 1. The molecule has 9 heteroatoms. The summed E-state index contributed by atoms with van der Waals surface area (Å²) in [6.45, 7) is 6.77. The number of aryl methyl sites for hydroxylation is 1. The molecule has 1 aliphatic rings. The van der Waals surface area contributed by atoms with Crippen molar-refractivity contribution >= 4 is 46.8 Å². The number of ketones is 1. The molecule has 0 unspecified atom stereocenters. The molecule has 0 spiro atoms. The lowest BCUT2D eigenvalue weighted by Crippen LogP contribution is -2.36. The van der Waals surface area contributed by atoms with Gasteiger partial charge in [-0.1, -0.05) is 29.3 Å². The molecule has 0 bridgehead atoms. The predicted octanol–water partition coefficient (Wildman–Crippen LogP) is 3.62. The molecule has 30 heavy (non-hydrogen) atoms. The molecule has 0 radical (unpaired) electrons. The first kappa shape index (κ1) is 21.8. The van der Waals surface area contributed by atoms with Crippen molar-refractivity contribution in [3.05, 3.63) is 69.0 Å². The van der Waals surface area contributed by atoms with Crippen LogP contribution in [0.3, 0.4) is 0 Å². The lowest BCUT2D eigenvalue weighted by molar-refractivity contribution is -0.142. The van der Waals surface area contributed by atoms with Crippen molar-refractivity contribution in [3.63, 3.8) is 0 Å². The van der Waals surface area contributed by atoms with E-state index in [2.05, 4.69) is 6.58 Å². The highest BCUT2D eigenvalue weighted by atomic mass is 35.5. The van der Waals surface area contributed by atoms with E-state index < -0.39 is 30.9 Å². The Kier molecular flexibility index (Phi) is 6.14. The predicted molar refractivity (Wildman–Crippen MR) is 111 cm³/mol. The number of nitrogens with zero attached hydrogens (tertiary/aromatic N) is 2. The van der Waals surface area contributed by atoms with Gasteiger partial charge in [-0.15, -0.1) is 6.58 Å². The first-order valence-corrected chi connectivity index (χ1v) is 9.73. The number of hydrogen-bond donors (Lipinski definition) is 0.